The van der Waals surface area contributed by atoms with E-state index in [1.165, 1.54) is 12.5 Å². The molecule has 0 saturated carbocycles. The number of fused-ring (bicyclic) bond motifs is 1. The Morgan fingerprint density at radius 2 is 2.12 bits per heavy atom. The van der Waals surface area contributed by atoms with E-state index in [2.05, 4.69) is 25.4 Å². The number of anilines is 1. The molecule has 0 spiro atoms. The van der Waals surface area contributed by atoms with Crippen LogP contribution in [0.2, 0.25) is 0 Å². The summed E-state index contributed by atoms with van der Waals surface area (Å²) in [5.41, 5.74) is 2.77. The zero-order chi connectivity index (χ0) is 17.4. The van der Waals surface area contributed by atoms with Crippen molar-refractivity contribution in [1.29, 1.82) is 0 Å². The summed E-state index contributed by atoms with van der Waals surface area (Å²) in [7, 11) is 1.84. The summed E-state index contributed by atoms with van der Waals surface area (Å²) in [4.78, 5) is 33.8. The van der Waals surface area contributed by atoms with Gasteiger partial charge in [0.05, 0.1) is 23.5 Å². The van der Waals surface area contributed by atoms with Gasteiger partial charge in [0, 0.05) is 30.7 Å². The minimum atomic E-state index is -0.381. The number of benzene rings is 1. The fourth-order valence-electron chi connectivity index (χ4n) is 2.70. The molecule has 0 saturated heterocycles. The zero-order valence-corrected chi connectivity index (χ0v) is 13.3. The lowest BCUT2D eigenvalue weighted by Crippen LogP contribution is -2.15. The molecule has 124 valence electrons. The van der Waals surface area contributed by atoms with Gasteiger partial charge in [-0.25, -0.2) is 4.98 Å². The molecule has 0 fully saturated rings. The van der Waals surface area contributed by atoms with Crippen molar-refractivity contribution >= 4 is 22.6 Å². The zero-order valence-electron chi connectivity index (χ0n) is 13.3. The first-order valence-electron chi connectivity index (χ1n) is 7.57. The molecule has 8 nitrogen and oxygen atoms in total. The third-order valence-corrected chi connectivity index (χ3v) is 3.88. The standard InChI is InChI=1S/C17H14N6O2/c1-23-8-11(6-21-23)10-3-2-4-12(5-10)22-16(24)13-7-18-15-14(13)17(25)20-9-19-15/h2-9H,1H3,(H,22,24)(H2,18,19,20,25). The van der Waals surface area contributed by atoms with Gasteiger partial charge in [-0.15, -0.1) is 0 Å². The molecule has 0 aliphatic rings. The van der Waals surface area contributed by atoms with E-state index >= 15 is 0 Å². The molecular weight excluding hydrogens is 320 g/mol. The summed E-state index contributed by atoms with van der Waals surface area (Å²) in [6, 6.07) is 7.43. The number of H-pyrrole nitrogens is 2. The van der Waals surface area contributed by atoms with E-state index in [0.29, 0.717) is 11.3 Å². The summed E-state index contributed by atoms with van der Waals surface area (Å²) < 4.78 is 1.71. The highest BCUT2D eigenvalue weighted by molar-refractivity contribution is 6.12. The summed E-state index contributed by atoms with van der Waals surface area (Å²) in [6.45, 7) is 0. The molecule has 0 aliphatic carbocycles. The maximum absolute atomic E-state index is 12.6. The number of aromatic nitrogens is 5. The van der Waals surface area contributed by atoms with Crippen molar-refractivity contribution in [2.45, 2.75) is 0 Å². The van der Waals surface area contributed by atoms with E-state index in [1.807, 2.05) is 31.4 Å². The molecule has 0 radical (unpaired) electrons. The van der Waals surface area contributed by atoms with Gasteiger partial charge in [0.2, 0.25) is 0 Å². The van der Waals surface area contributed by atoms with Crippen LogP contribution in [0.3, 0.4) is 0 Å². The van der Waals surface area contributed by atoms with Crippen LogP contribution in [0.15, 0.2) is 54.0 Å². The molecule has 3 aromatic heterocycles. The third kappa shape index (κ3) is 2.69. The number of carbonyl (C=O) groups excluding carboxylic acids is 1. The molecule has 0 bridgehead atoms. The minimum absolute atomic E-state index is 0.239. The average Bonchev–Trinajstić information content (AvgIpc) is 3.22. The van der Waals surface area contributed by atoms with Crippen LogP contribution in [0.1, 0.15) is 10.4 Å². The lowest BCUT2D eigenvalue weighted by molar-refractivity contribution is 0.102. The summed E-state index contributed by atoms with van der Waals surface area (Å²) in [5, 5.41) is 7.20. The summed E-state index contributed by atoms with van der Waals surface area (Å²) in [5.74, 6) is -0.381. The Hall–Kier alpha value is -3.68. The van der Waals surface area contributed by atoms with Crippen molar-refractivity contribution in [2.75, 3.05) is 5.32 Å². The summed E-state index contributed by atoms with van der Waals surface area (Å²) in [6.07, 6.45) is 6.42. The molecule has 0 aliphatic heterocycles. The molecule has 8 heteroatoms. The van der Waals surface area contributed by atoms with E-state index in [0.717, 1.165) is 11.1 Å². The lowest BCUT2D eigenvalue weighted by atomic mass is 10.1. The van der Waals surface area contributed by atoms with Crippen molar-refractivity contribution < 1.29 is 4.79 Å². The second kappa shape index (κ2) is 5.75. The first-order valence-corrected chi connectivity index (χ1v) is 7.57. The topological polar surface area (TPSA) is 108 Å². The van der Waals surface area contributed by atoms with E-state index < -0.39 is 0 Å². The largest absolute Gasteiger partial charge is 0.345 e. The Morgan fingerprint density at radius 1 is 1.24 bits per heavy atom. The number of hydrogen-bond donors (Lipinski definition) is 3. The van der Waals surface area contributed by atoms with Gasteiger partial charge in [-0.2, -0.15) is 5.10 Å². The number of rotatable bonds is 3. The fraction of sp³-hybridized carbons (Fsp3) is 0.0588. The SMILES string of the molecule is Cn1cc(-c2cccc(NC(=O)c3c[nH]c4nc[nH]c(=O)c34)c2)cn1. The van der Waals surface area contributed by atoms with E-state index in [4.69, 9.17) is 0 Å². The number of hydrogen-bond acceptors (Lipinski definition) is 4. The van der Waals surface area contributed by atoms with Crippen molar-refractivity contribution in [3.05, 3.63) is 65.1 Å². The molecule has 1 aromatic carbocycles. The van der Waals surface area contributed by atoms with Crippen LogP contribution in [0.4, 0.5) is 5.69 Å². The van der Waals surface area contributed by atoms with E-state index in [-0.39, 0.29) is 22.4 Å². The molecule has 4 aromatic rings. The van der Waals surface area contributed by atoms with Gasteiger partial charge < -0.3 is 15.3 Å². The van der Waals surface area contributed by atoms with Gasteiger partial charge >= 0.3 is 0 Å². The molecule has 25 heavy (non-hydrogen) atoms. The number of aromatic amines is 2. The Kier molecular flexibility index (Phi) is 3.42. The van der Waals surface area contributed by atoms with Crippen molar-refractivity contribution in [3.8, 4) is 11.1 Å². The van der Waals surface area contributed by atoms with Crippen molar-refractivity contribution in [3.63, 3.8) is 0 Å². The van der Waals surface area contributed by atoms with Crippen LogP contribution >= 0.6 is 0 Å². The Bertz CT molecular complexity index is 1140. The van der Waals surface area contributed by atoms with E-state index in [1.54, 1.807) is 16.9 Å². The maximum atomic E-state index is 12.6. The van der Waals surface area contributed by atoms with Crippen LogP contribution < -0.4 is 10.9 Å². The van der Waals surface area contributed by atoms with Crippen LogP contribution in [-0.2, 0) is 7.05 Å². The highest BCUT2D eigenvalue weighted by atomic mass is 16.2. The average molecular weight is 334 g/mol. The number of carbonyl (C=O) groups is 1. The fourth-order valence-corrected chi connectivity index (χ4v) is 2.70. The number of nitrogens with one attached hydrogen (secondary N) is 3. The first-order chi connectivity index (χ1) is 12.1. The Labute approximate surface area is 141 Å². The van der Waals surface area contributed by atoms with Gasteiger partial charge in [-0.1, -0.05) is 12.1 Å². The molecule has 0 atom stereocenters. The molecule has 3 heterocycles. The van der Waals surface area contributed by atoms with Crippen molar-refractivity contribution in [2.24, 2.45) is 7.05 Å². The lowest BCUT2D eigenvalue weighted by Gasteiger charge is -2.06. The highest BCUT2D eigenvalue weighted by Gasteiger charge is 2.16. The van der Waals surface area contributed by atoms with E-state index in [9.17, 15) is 9.59 Å². The van der Waals surface area contributed by atoms with Gasteiger partial charge in [0.15, 0.2) is 0 Å². The smallest absolute Gasteiger partial charge is 0.261 e. The number of nitrogens with zero attached hydrogens (tertiary/aromatic N) is 3. The molecule has 3 N–H and O–H groups in total. The highest BCUT2D eigenvalue weighted by Crippen LogP contribution is 2.22. The second-order valence-corrected chi connectivity index (χ2v) is 5.60. The van der Waals surface area contributed by atoms with Crippen LogP contribution in [0, 0.1) is 0 Å². The predicted octanol–water partition coefficient (Wildman–Crippen LogP) is 1.90. The summed E-state index contributed by atoms with van der Waals surface area (Å²) >= 11 is 0. The second-order valence-electron chi connectivity index (χ2n) is 5.60. The minimum Gasteiger partial charge on any atom is -0.345 e. The van der Waals surface area contributed by atoms with Gasteiger partial charge in [-0.3, -0.25) is 14.3 Å². The van der Waals surface area contributed by atoms with Gasteiger partial charge in [0.1, 0.15) is 5.65 Å². The molecule has 4 rings (SSSR count). The molecule has 1 amide bonds. The molecular formula is C17H14N6O2. The van der Waals surface area contributed by atoms with Crippen LogP contribution in [0.25, 0.3) is 22.2 Å². The normalized spacial score (nSPS) is 10.9. The number of amides is 1. The van der Waals surface area contributed by atoms with Crippen LogP contribution in [0.5, 0.6) is 0 Å². The Morgan fingerprint density at radius 3 is 2.92 bits per heavy atom. The predicted molar refractivity (Wildman–Crippen MR) is 93.3 cm³/mol. The van der Waals surface area contributed by atoms with Crippen LogP contribution in [-0.4, -0.2) is 30.6 Å². The maximum Gasteiger partial charge on any atom is 0.261 e. The quantitative estimate of drug-likeness (QED) is 0.532. The third-order valence-electron chi connectivity index (χ3n) is 3.88. The Balaban J connectivity index is 1.66. The van der Waals surface area contributed by atoms with Crippen molar-refractivity contribution in [1.82, 2.24) is 24.7 Å². The number of aryl methyl sites for hydroxylation is 1. The van der Waals surface area contributed by atoms with Gasteiger partial charge in [-0.05, 0) is 17.7 Å². The molecule has 0 unspecified atom stereocenters. The monoisotopic (exact) mass is 334 g/mol. The first kappa shape index (κ1) is 14.9. The van der Waals surface area contributed by atoms with Gasteiger partial charge in [0.25, 0.3) is 11.5 Å².